The lowest BCUT2D eigenvalue weighted by Gasteiger charge is -2.15. The van der Waals surface area contributed by atoms with Crippen molar-refractivity contribution in [1.29, 1.82) is 0 Å². The van der Waals surface area contributed by atoms with Gasteiger partial charge in [0.1, 0.15) is 0 Å². The maximum Gasteiger partial charge on any atom is 0.339 e. The molecule has 0 aliphatic carbocycles. The van der Waals surface area contributed by atoms with Gasteiger partial charge in [0.2, 0.25) is 5.95 Å². The molecule has 3 aromatic rings. The summed E-state index contributed by atoms with van der Waals surface area (Å²) in [6, 6.07) is 12.4. The summed E-state index contributed by atoms with van der Waals surface area (Å²) in [5.41, 5.74) is 2.51. The van der Waals surface area contributed by atoms with Gasteiger partial charge >= 0.3 is 5.97 Å². The maximum absolute atomic E-state index is 12.4. The molecule has 166 valence electrons. The van der Waals surface area contributed by atoms with E-state index >= 15 is 0 Å². The first kappa shape index (κ1) is 22.9. The summed E-state index contributed by atoms with van der Waals surface area (Å²) in [5.74, 6) is -1.19. The number of aromatic nitrogens is 2. The fraction of sp³-hybridized carbons (Fsp3) is 0.182. The number of anilines is 2. The number of benzene rings is 2. The molecule has 0 aliphatic heterocycles. The number of hydrogen-bond acceptors (Lipinski definition) is 7. The molecule has 0 saturated heterocycles. The Morgan fingerprint density at radius 3 is 2.28 bits per heavy atom. The number of ether oxygens (including phenoxy) is 1. The Labute approximate surface area is 185 Å². The Morgan fingerprint density at radius 1 is 1.00 bits per heavy atom. The fourth-order valence-corrected chi connectivity index (χ4v) is 3.77. The Morgan fingerprint density at radius 2 is 1.66 bits per heavy atom. The molecule has 1 atom stereocenters. The highest BCUT2D eigenvalue weighted by Gasteiger charge is 2.21. The number of hydrogen-bond donors (Lipinski definition) is 2. The molecule has 1 heterocycles. The van der Waals surface area contributed by atoms with Gasteiger partial charge in [0.05, 0.1) is 10.5 Å². The van der Waals surface area contributed by atoms with Crippen LogP contribution in [0.15, 0.2) is 65.8 Å². The van der Waals surface area contributed by atoms with Crippen LogP contribution >= 0.6 is 0 Å². The molecular formula is C22H22N4O5S. The molecule has 0 aliphatic rings. The predicted octanol–water partition coefficient (Wildman–Crippen LogP) is 3.08. The molecule has 2 aromatic carbocycles. The third kappa shape index (κ3) is 5.67. The van der Waals surface area contributed by atoms with E-state index in [1.54, 1.807) is 25.1 Å². The number of rotatable bonds is 7. The summed E-state index contributed by atoms with van der Waals surface area (Å²) in [6.45, 7) is 5.17. The topological polar surface area (TPSA) is 127 Å². The standard InChI is InChI=1S/C22H22N4O5S/c1-14-5-10-19(15(2)13-14)21(28)31-16(3)20(27)25-17-6-8-18(9-7-17)32(29,30)26-22-23-11-4-12-24-22/h4-13,16H,1-3H3,(H,25,27)(H,23,24,26)/t16-/m1/s1. The Balaban J connectivity index is 1.62. The van der Waals surface area contributed by atoms with Gasteiger partial charge in [-0.3, -0.25) is 4.79 Å². The van der Waals surface area contributed by atoms with E-state index in [1.807, 2.05) is 13.0 Å². The largest absolute Gasteiger partial charge is 0.449 e. The van der Waals surface area contributed by atoms with Crippen molar-refractivity contribution in [3.8, 4) is 0 Å². The summed E-state index contributed by atoms with van der Waals surface area (Å²) < 4.78 is 32.4. The van der Waals surface area contributed by atoms with E-state index in [0.717, 1.165) is 11.1 Å². The number of carbonyl (C=O) groups is 2. The molecule has 0 bridgehead atoms. The molecule has 32 heavy (non-hydrogen) atoms. The van der Waals surface area contributed by atoms with Crippen LogP contribution in [0.25, 0.3) is 0 Å². The molecule has 10 heteroatoms. The zero-order valence-corrected chi connectivity index (χ0v) is 18.5. The first-order chi connectivity index (χ1) is 15.2. The number of aryl methyl sites for hydroxylation is 2. The maximum atomic E-state index is 12.4. The molecule has 0 unspecified atom stereocenters. The van der Waals surface area contributed by atoms with Gasteiger partial charge in [-0.05, 0) is 62.7 Å². The van der Waals surface area contributed by atoms with Crippen LogP contribution in [0.4, 0.5) is 11.6 Å². The van der Waals surface area contributed by atoms with Crippen LogP contribution in [-0.4, -0.2) is 36.4 Å². The molecule has 3 rings (SSSR count). The van der Waals surface area contributed by atoms with Crippen molar-refractivity contribution in [3.63, 3.8) is 0 Å². The number of nitrogens with one attached hydrogen (secondary N) is 2. The lowest BCUT2D eigenvalue weighted by atomic mass is 10.1. The fourth-order valence-electron chi connectivity index (χ4n) is 2.81. The zero-order chi connectivity index (χ0) is 23.3. The molecular weight excluding hydrogens is 432 g/mol. The van der Waals surface area contributed by atoms with Crippen molar-refractivity contribution in [2.75, 3.05) is 10.0 Å². The number of esters is 1. The van der Waals surface area contributed by atoms with Crippen molar-refractivity contribution < 1.29 is 22.7 Å². The summed E-state index contributed by atoms with van der Waals surface area (Å²) in [4.78, 5) is 32.4. The lowest BCUT2D eigenvalue weighted by Crippen LogP contribution is -2.30. The molecule has 0 saturated carbocycles. The summed E-state index contributed by atoms with van der Waals surface area (Å²) >= 11 is 0. The van der Waals surface area contributed by atoms with Gasteiger partial charge in [0.15, 0.2) is 6.10 Å². The van der Waals surface area contributed by atoms with Gasteiger partial charge in [0.25, 0.3) is 15.9 Å². The smallest absolute Gasteiger partial charge is 0.339 e. The van der Waals surface area contributed by atoms with Gasteiger partial charge in [0, 0.05) is 18.1 Å². The number of amides is 1. The van der Waals surface area contributed by atoms with E-state index in [2.05, 4.69) is 20.0 Å². The normalized spacial score (nSPS) is 12.0. The average molecular weight is 455 g/mol. The first-order valence-corrected chi connectivity index (χ1v) is 11.1. The highest BCUT2D eigenvalue weighted by Crippen LogP contribution is 2.17. The van der Waals surface area contributed by atoms with Crippen LogP contribution in [0, 0.1) is 13.8 Å². The van der Waals surface area contributed by atoms with E-state index < -0.39 is 28.0 Å². The van der Waals surface area contributed by atoms with Crippen molar-refractivity contribution >= 4 is 33.5 Å². The molecule has 9 nitrogen and oxygen atoms in total. The summed E-state index contributed by atoms with van der Waals surface area (Å²) in [7, 11) is -3.89. The van der Waals surface area contributed by atoms with E-state index in [4.69, 9.17) is 4.74 Å². The highest BCUT2D eigenvalue weighted by atomic mass is 32.2. The minimum absolute atomic E-state index is 0.0303. The second kappa shape index (κ2) is 9.56. The van der Waals surface area contributed by atoms with E-state index in [-0.39, 0.29) is 10.8 Å². The third-order valence-corrected chi connectivity index (χ3v) is 5.82. The van der Waals surface area contributed by atoms with Crippen molar-refractivity contribution in [1.82, 2.24) is 9.97 Å². The summed E-state index contributed by atoms with van der Waals surface area (Å²) in [6.07, 6.45) is 1.78. The molecule has 0 radical (unpaired) electrons. The summed E-state index contributed by atoms with van der Waals surface area (Å²) in [5, 5.41) is 2.59. The van der Waals surface area contributed by atoms with Crippen molar-refractivity contribution in [2.45, 2.75) is 31.8 Å². The minimum atomic E-state index is -3.89. The average Bonchev–Trinajstić information content (AvgIpc) is 2.74. The second-order valence-electron chi connectivity index (χ2n) is 7.06. The van der Waals surface area contributed by atoms with Crippen LogP contribution in [0.2, 0.25) is 0 Å². The van der Waals surface area contributed by atoms with E-state index in [9.17, 15) is 18.0 Å². The minimum Gasteiger partial charge on any atom is -0.449 e. The van der Waals surface area contributed by atoms with Crippen LogP contribution < -0.4 is 10.0 Å². The monoisotopic (exact) mass is 454 g/mol. The highest BCUT2D eigenvalue weighted by molar-refractivity contribution is 7.92. The molecule has 0 spiro atoms. The number of carbonyl (C=O) groups excluding carboxylic acids is 2. The number of nitrogens with zero attached hydrogens (tertiary/aromatic N) is 2. The van der Waals surface area contributed by atoms with E-state index in [0.29, 0.717) is 11.3 Å². The third-order valence-electron chi connectivity index (χ3n) is 4.48. The zero-order valence-electron chi connectivity index (χ0n) is 17.7. The molecule has 1 amide bonds. The van der Waals surface area contributed by atoms with Gasteiger partial charge in [-0.25, -0.2) is 27.9 Å². The predicted molar refractivity (Wildman–Crippen MR) is 119 cm³/mol. The van der Waals surface area contributed by atoms with Crippen LogP contribution in [0.1, 0.15) is 28.4 Å². The van der Waals surface area contributed by atoms with E-state index in [1.165, 1.54) is 43.6 Å². The molecule has 2 N–H and O–H groups in total. The van der Waals surface area contributed by atoms with Gasteiger partial charge in [-0.15, -0.1) is 0 Å². The van der Waals surface area contributed by atoms with Crippen LogP contribution in [-0.2, 0) is 19.6 Å². The van der Waals surface area contributed by atoms with Gasteiger partial charge in [-0.2, -0.15) is 0 Å². The first-order valence-electron chi connectivity index (χ1n) is 9.65. The Kier molecular flexibility index (Phi) is 6.84. The number of sulfonamides is 1. The molecule has 1 aromatic heterocycles. The lowest BCUT2D eigenvalue weighted by molar-refractivity contribution is -0.123. The van der Waals surface area contributed by atoms with Crippen molar-refractivity contribution in [3.05, 3.63) is 77.6 Å². The SMILES string of the molecule is Cc1ccc(C(=O)O[C@H](C)C(=O)Nc2ccc(S(=O)(=O)Nc3ncccn3)cc2)c(C)c1. The van der Waals surface area contributed by atoms with Crippen molar-refractivity contribution in [2.24, 2.45) is 0 Å². The Bertz CT molecular complexity index is 1230. The molecule has 0 fully saturated rings. The van der Waals surface area contributed by atoms with Gasteiger partial charge < -0.3 is 10.1 Å². The van der Waals surface area contributed by atoms with Crippen LogP contribution in [0.5, 0.6) is 0 Å². The van der Waals surface area contributed by atoms with Crippen LogP contribution in [0.3, 0.4) is 0 Å². The van der Waals surface area contributed by atoms with Gasteiger partial charge in [-0.1, -0.05) is 17.7 Å². The quantitative estimate of drug-likeness (QED) is 0.525. The second-order valence-corrected chi connectivity index (χ2v) is 8.74. The Hall–Kier alpha value is -3.79.